The number of pyridine rings is 1. The summed E-state index contributed by atoms with van der Waals surface area (Å²) in [5.74, 6) is -1.48. The molecule has 0 bridgehead atoms. The van der Waals surface area contributed by atoms with Crippen LogP contribution in [-0.4, -0.2) is 25.8 Å². The normalized spacial score (nSPS) is 11.8. The predicted molar refractivity (Wildman–Crippen MR) is 80.0 cm³/mol. The highest BCUT2D eigenvalue weighted by Gasteiger charge is 2.35. The Morgan fingerprint density at radius 2 is 2.00 bits per heavy atom. The van der Waals surface area contributed by atoms with Gasteiger partial charge in [0, 0.05) is 17.6 Å². The van der Waals surface area contributed by atoms with E-state index in [-0.39, 0.29) is 6.54 Å². The van der Waals surface area contributed by atoms with Gasteiger partial charge in [-0.2, -0.15) is 18.3 Å². The Morgan fingerprint density at radius 1 is 1.25 bits per heavy atom. The number of carboxylic acids is 1. The van der Waals surface area contributed by atoms with Gasteiger partial charge in [-0.1, -0.05) is 17.7 Å². The van der Waals surface area contributed by atoms with Crippen molar-refractivity contribution in [1.82, 2.24) is 14.8 Å². The van der Waals surface area contributed by atoms with E-state index in [9.17, 15) is 18.0 Å². The molecule has 0 radical (unpaired) electrons. The van der Waals surface area contributed by atoms with Gasteiger partial charge in [-0.3, -0.25) is 9.67 Å². The van der Waals surface area contributed by atoms with Gasteiger partial charge in [0.25, 0.3) is 0 Å². The monoisotopic (exact) mass is 355 g/mol. The van der Waals surface area contributed by atoms with Crippen LogP contribution in [0.3, 0.4) is 0 Å². The van der Waals surface area contributed by atoms with E-state index in [0.717, 1.165) is 4.68 Å². The van der Waals surface area contributed by atoms with E-state index >= 15 is 0 Å². The number of benzene rings is 1. The lowest BCUT2D eigenvalue weighted by Crippen LogP contribution is -2.12. The molecule has 3 aromatic rings. The molecule has 0 aliphatic heterocycles. The van der Waals surface area contributed by atoms with Crippen LogP contribution in [0.25, 0.3) is 10.9 Å². The highest BCUT2D eigenvalue weighted by molar-refractivity contribution is 6.31. The number of nitrogens with zero attached hydrogens (tertiary/aromatic N) is 3. The number of carbonyl (C=O) groups is 1. The first-order valence-corrected chi connectivity index (χ1v) is 7.04. The Hall–Kier alpha value is -2.61. The van der Waals surface area contributed by atoms with Crippen molar-refractivity contribution in [2.75, 3.05) is 0 Å². The SMILES string of the molecule is O=C(O)c1cc(C(F)(F)F)nn1Cc1ccc2ncc(Cl)cc2c1. The summed E-state index contributed by atoms with van der Waals surface area (Å²) < 4.78 is 39.0. The molecular weight excluding hydrogens is 347 g/mol. The Morgan fingerprint density at radius 3 is 2.67 bits per heavy atom. The molecule has 24 heavy (non-hydrogen) atoms. The molecule has 0 aliphatic rings. The molecule has 0 unspecified atom stereocenters. The first-order chi connectivity index (χ1) is 11.2. The minimum Gasteiger partial charge on any atom is -0.477 e. The number of hydrogen-bond acceptors (Lipinski definition) is 3. The van der Waals surface area contributed by atoms with Crippen LogP contribution in [-0.2, 0) is 12.7 Å². The lowest BCUT2D eigenvalue weighted by molar-refractivity contribution is -0.141. The van der Waals surface area contributed by atoms with Gasteiger partial charge in [0.2, 0.25) is 0 Å². The van der Waals surface area contributed by atoms with E-state index in [2.05, 4.69) is 10.1 Å². The molecule has 0 amide bonds. The van der Waals surface area contributed by atoms with Crippen LogP contribution in [0.5, 0.6) is 0 Å². The summed E-state index contributed by atoms with van der Waals surface area (Å²) >= 11 is 5.87. The average Bonchev–Trinajstić information content (AvgIpc) is 2.91. The van der Waals surface area contributed by atoms with E-state index in [1.54, 1.807) is 24.3 Å². The Balaban J connectivity index is 2.01. The summed E-state index contributed by atoms with van der Waals surface area (Å²) in [5.41, 5.74) is -0.541. The standard InChI is InChI=1S/C15H9ClF3N3O2/c16-10-4-9-3-8(1-2-11(9)20-6-10)7-22-12(14(23)24)5-13(21-22)15(17,18)19/h1-6H,7H2,(H,23,24). The van der Waals surface area contributed by atoms with E-state index in [0.29, 0.717) is 27.6 Å². The fraction of sp³-hybridized carbons (Fsp3) is 0.133. The van der Waals surface area contributed by atoms with Gasteiger partial charge in [0.1, 0.15) is 5.69 Å². The Bertz CT molecular complexity index is 937. The number of fused-ring (bicyclic) bond motifs is 1. The second-order valence-electron chi connectivity index (χ2n) is 5.06. The van der Waals surface area contributed by atoms with E-state index in [1.165, 1.54) is 6.20 Å². The van der Waals surface area contributed by atoms with Gasteiger partial charge in [-0.15, -0.1) is 0 Å². The molecule has 1 N–H and O–H groups in total. The van der Waals surface area contributed by atoms with Gasteiger partial charge < -0.3 is 5.11 Å². The molecule has 0 spiro atoms. The van der Waals surface area contributed by atoms with Gasteiger partial charge in [0.05, 0.1) is 17.1 Å². The molecule has 2 aromatic heterocycles. The lowest BCUT2D eigenvalue weighted by atomic mass is 10.1. The van der Waals surface area contributed by atoms with Gasteiger partial charge in [0.15, 0.2) is 5.69 Å². The number of hydrogen-bond donors (Lipinski definition) is 1. The molecule has 0 saturated carbocycles. The average molecular weight is 356 g/mol. The molecule has 5 nitrogen and oxygen atoms in total. The Labute approximate surface area is 138 Å². The fourth-order valence-electron chi connectivity index (χ4n) is 2.27. The van der Waals surface area contributed by atoms with Crippen molar-refractivity contribution < 1.29 is 23.1 Å². The third kappa shape index (κ3) is 3.18. The summed E-state index contributed by atoms with van der Waals surface area (Å²) in [6.45, 7) is -0.125. The molecule has 9 heteroatoms. The molecule has 0 atom stereocenters. The Kier molecular flexibility index (Phi) is 3.92. The van der Waals surface area contributed by atoms with Crippen LogP contribution in [0, 0.1) is 0 Å². The fourth-order valence-corrected chi connectivity index (χ4v) is 2.44. The van der Waals surface area contributed by atoms with Crippen LogP contribution in [0.2, 0.25) is 5.02 Å². The second-order valence-corrected chi connectivity index (χ2v) is 5.49. The number of rotatable bonds is 3. The van der Waals surface area contributed by atoms with E-state index in [1.807, 2.05) is 0 Å². The maximum Gasteiger partial charge on any atom is 0.435 e. The van der Waals surface area contributed by atoms with Crippen molar-refractivity contribution in [3.63, 3.8) is 0 Å². The molecule has 0 aliphatic carbocycles. The summed E-state index contributed by atoms with van der Waals surface area (Å²) in [6, 6.07) is 7.17. The van der Waals surface area contributed by atoms with Crippen molar-refractivity contribution >= 4 is 28.5 Å². The van der Waals surface area contributed by atoms with Crippen LogP contribution in [0.1, 0.15) is 21.7 Å². The van der Waals surface area contributed by atoms with Crippen molar-refractivity contribution in [3.8, 4) is 0 Å². The van der Waals surface area contributed by atoms with Crippen LogP contribution in [0.15, 0.2) is 36.5 Å². The zero-order valence-electron chi connectivity index (χ0n) is 11.9. The topological polar surface area (TPSA) is 68.0 Å². The van der Waals surface area contributed by atoms with Crippen LogP contribution < -0.4 is 0 Å². The third-order valence-electron chi connectivity index (χ3n) is 3.33. The number of carboxylic acid groups (broad SMARTS) is 1. The summed E-state index contributed by atoms with van der Waals surface area (Å²) in [4.78, 5) is 15.3. The molecule has 124 valence electrons. The van der Waals surface area contributed by atoms with E-state index < -0.39 is 23.5 Å². The highest BCUT2D eigenvalue weighted by Crippen LogP contribution is 2.29. The molecule has 0 saturated heterocycles. The molecule has 2 heterocycles. The molecular formula is C15H9ClF3N3O2. The quantitative estimate of drug-likeness (QED) is 0.775. The van der Waals surface area contributed by atoms with Crippen LogP contribution in [0.4, 0.5) is 13.2 Å². The lowest BCUT2D eigenvalue weighted by Gasteiger charge is -2.07. The zero-order chi connectivity index (χ0) is 17.5. The largest absolute Gasteiger partial charge is 0.477 e. The van der Waals surface area contributed by atoms with E-state index in [4.69, 9.17) is 16.7 Å². The number of aromatic carboxylic acids is 1. The number of halogens is 4. The van der Waals surface area contributed by atoms with Gasteiger partial charge in [-0.05, 0) is 23.8 Å². The van der Waals surface area contributed by atoms with Gasteiger partial charge >= 0.3 is 12.1 Å². The first kappa shape index (κ1) is 16.3. The zero-order valence-corrected chi connectivity index (χ0v) is 12.6. The highest BCUT2D eigenvalue weighted by atomic mass is 35.5. The third-order valence-corrected chi connectivity index (χ3v) is 3.54. The predicted octanol–water partition coefficient (Wildman–Crippen LogP) is 3.85. The molecule has 3 rings (SSSR count). The minimum absolute atomic E-state index is 0.125. The second kappa shape index (κ2) is 5.79. The van der Waals surface area contributed by atoms with Crippen molar-refractivity contribution in [2.24, 2.45) is 0 Å². The maximum atomic E-state index is 12.7. The van der Waals surface area contributed by atoms with Crippen LogP contribution >= 0.6 is 11.6 Å². The summed E-state index contributed by atoms with van der Waals surface area (Å²) in [7, 11) is 0. The molecule has 1 aromatic carbocycles. The summed E-state index contributed by atoms with van der Waals surface area (Å²) in [6.07, 6.45) is -3.23. The molecule has 0 fully saturated rings. The number of alkyl halides is 3. The maximum absolute atomic E-state index is 12.7. The minimum atomic E-state index is -4.71. The number of aromatic nitrogens is 3. The van der Waals surface area contributed by atoms with Crippen molar-refractivity contribution in [2.45, 2.75) is 12.7 Å². The smallest absolute Gasteiger partial charge is 0.435 e. The van der Waals surface area contributed by atoms with Crippen molar-refractivity contribution in [3.05, 3.63) is 58.5 Å². The van der Waals surface area contributed by atoms with Crippen molar-refractivity contribution in [1.29, 1.82) is 0 Å². The summed E-state index contributed by atoms with van der Waals surface area (Å²) in [5, 5.41) is 13.6. The van der Waals surface area contributed by atoms with Gasteiger partial charge in [-0.25, -0.2) is 4.79 Å². The first-order valence-electron chi connectivity index (χ1n) is 6.66.